The Morgan fingerprint density at radius 2 is 1.73 bits per heavy atom. The molecule has 15 heavy (non-hydrogen) atoms. The number of carbonyl (C=O) groups excluding carboxylic acids is 1. The molecule has 0 spiro atoms. The van der Waals surface area contributed by atoms with Gasteiger partial charge < -0.3 is 0 Å². The maximum atomic E-state index is 10.4. The summed E-state index contributed by atoms with van der Waals surface area (Å²) in [6, 6.07) is 9.09. The molecule has 0 saturated heterocycles. The fraction of sp³-hybridized carbons (Fsp3) is 0. The molecule has 0 bridgehead atoms. The standard InChI is InChI=1S/C11H8N2OS/c14-8-9-2-4-10(5-3-9)15-11-12-6-1-7-13-11/h1-8H. The van der Waals surface area contributed by atoms with E-state index in [0.717, 1.165) is 11.2 Å². The van der Waals surface area contributed by atoms with Crippen LogP contribution in [0, 0.1) is 0 Å². The summed E-state index contributed by atoms with van der Waals surface area (Å²) >= 11 is 1.47. The van der Waals surface area contributed by atoms with Crippen LogP contribution in [0.15, 0.2) is 52.8 Å². The van der Waals surface area contributed by atoms with Crippen LogP contribution in [0.2, 0.25) is 0 Å². The van der Waals surface area contributed by atoms with E-state index < -0.39 is 0 Å². The first-order valence-corrected chi connectivity index (χ1v) is 5.20. The van der Waals surface area contributed by atoms with Gasteiger partial charge in [0.25, 0.3) is 0 Å². The average Bonchev–Trinajstić information content (AvgIpc) is 2.31. The van der Waals surface area contributed by atoms with Gasteiger partial charge in [-0.2, -0.15) is 0 Å². The van der Waals surface area contributed by atoms with Crippen molar-refractivity contribution < 1.29 is 4.79 Å². The number of benzene rings is 1. The lowest BCUT2D eigenvalue weighted by Gasteiger charge is -1.98. The van der Waals surface area contributed by atoms with Gasteiger partial charge in [-0.05, 0) is 30.0 Å². The number of nitrogens with zero attached hydrogens (tertiary/aromatic N) is 2. The van der Waals surface area contributed by atoms with Gasteiger partial charge in [-0.3, -0.25) is 4.79 Å². The molecule has 0 saturated carbocycles. The Morgan fingerprint density at radius 3 is 2.33 bits per heavy atom. The van der Waals surface area contributed by atoms with Crippen molar-refractivity contribution in [3.05, 3.63) is 48.3 Å². The van der Waals surface area contributed by atoms with Crippen LogP contribution in [0.3, 0.4) is 0 Å². The zero-order valence-corrected chi connectivity index (χ0v) is 8.65. The molecule has 74 valence electrons. The average molecular weight is 216 g/mol. The quantitative estimate of drug-likeness (QED) is 0.584. The van der Waals surface area contributed by atoms with E-state index in [1.165, 1.54) is 11.8 Å². The van der Waals surface area contributed by atoms with Gasteiger partial charge in [0, 0.05) is 22.9 Å². The first-order chi connectivity index (χ1) is 7.38. The molecule has 3 nitrogen and oxygen atoms in total. The number of aldehydes is 1. The predicted molar refractivity (Wildman–Crippen MR) is 58.0 cm³/mol. The molecule has 2 rings (SSSR count). The lowest BCUT2D eigenvalue weighted by atomic mass is 10.2. The second kappa shape index (κ2) is 4.70. The summed E-state index contributed by atoms with van der Waals surface area (Å²) < 4.78 is 0. The molecule has 1 aromatic carbocycles. The molecule has 4 heteroatoms. The fourth-order valence-electron chi connectivity index (χ4n) is 1.06. The van der Waals surface area contributed by atoms with Gasteiger partial charge in [-0.25, -0.2) is 9.97 Å². The summed E-state index contributed by atoms with van der Waals surface area (Å²) in [7, 11) is 0. The van der Waals surface area contributed by atoms with E-state index in [1.54, 1.807) is 30.6 Å². The Balaban J connectivity index is 2.15. The smallest absolute Gasteiger partial charge is 0.192 e. The van der Waals surface area contributed by atoms with E-state index in [0.29, 0.717) is 10.7 Å². The van der Waals surface area contributed by atoms with Crippen molar-refractivity contribution in [3.63, 3.8) is 0 Å². The van der Waals surface area contributed by atoms with Crippen molar-refractivity contribution >= 4 is 18.0 Å². The van der Waals surface area contributed by atoms with Gasteiger partial charge in [0.2, 0.25) is 0 Å². The molecule has 0 aliphatic rings. The first kappa shape index (κ1) is 9.86. The first-order valence-electron chi connectivity index (χ1n) is 4.38. The van der Waals surface area contributed by atoms with Crippen LogP contribution in [0.1, 0.15) is 10.4 Å². The molecule has 1 aromatic heterocycles. The number of aromatic nitrogens is 2. The van der Waals surface area contributed by atoms with Crippen molar-refractivity contribution in [1.29, 1.82) is 0 Å². The van der Waals surface area contributed by atoms with Crippen LogP contribution >= 0.6 is 11.8 Å². The third kappa shape index (κ3) is 2.63. The number of rotatable bonds is 3. The Labute approximate surface area is 91.6 Å². The normalized spacial score (nSPS) is 9.87. The van der Waals surface area contributed by atoms with Gasteiger partial charge in [0.15, 0.2) is 5.16 Å². The summed E-state index contributed by atoms with van der Waals surface area (Å²) in [6.45, 7) is 0. The summed E-state index contributed by atoms with van der Waals surface area (Å²) in [5.74, 6) is 0. The van der Waals surface area contributed by atoms with Crippen LogP contribution in [-0.4, -0.2) is 16.3 Å². The zero-order chi connectivity index (χ0) is 10.5. The predicted octanol–water partition coefficient (Wildman–Crippen LogP) is 2.44. The van der Waals surface area contributed by atoms with Crippen LogP contribution in [0.5, 0.6) is 0 Å². The topological polar surface area (TPSA) is 42.9 Å². The van der Waals surface area contributed by atoms with Crippen molar-refractivity contribution in [2.45, 2.75) is 10.1 Å². The highest BCUT2D eigenvalue weighted by Crippen LogP contribution is 2.23. The summed E-state index contributed by atoms with van der Waals surface area (Å²) in [4.78, 5) is 19.7. The van der Waals surface area contributed by atoms with E-state index in [-0.39, 0.29) is 0 Å². The number of carbonyl (C=O) groups is 1. The highest BCUT2D eigenvalue weighted by Gasteiger charge is 1.98. The molecule has 0 amide bonds. The second-order valence-corrected chi connectivity index (χ2v) is 3.86. The van der Waals surface area contributed by atoms with Crippen molar-refractivity contribution in [3.8, 4) is 0 Å². The zero-order valence-electron chi connectivity index (χ0n) is 7.83. The molecule has 0 aliphatic carbocycles. The summed E-state index contributed by atoms with van der Waals surface area (Å²) in [6.07, 6.45) is 4.23. The van der Waals surface area contributed by atoms with Crippen LogP contribution in [0.25, 0.3) is 0 Å². The summed E-state index contributed by atoms with van der Waals surface area (Å²) in [5, 5.41) is 0.705. The van der Waals surface area contributed by atoms with Crippen molar-refractivity contribution in [2.75, 3.05) is 0 Å². The van der Waals surface area contributed by atoms with E-state index in [9.17, 15) is 4.79 Å². The lowest BCUT2D eigenvalue weighted by molar-refractivity contribution is 0.112. The Bertz CT molecular complexity index is 442. The van der Waals surface area contributed by atoms with Crippen LogP contribution in [0.4, 0.5) is 0 Å². The van der Waals surface area contributed by atoms with E-state index >= 15 is 0 Å². The van der Waals surface area contributed by atoms with E-state index in [4.69, 9.17) is 0 Å². The molecular weight excluding hydrogens is 208 g/mol. The molecule has 0 N–H and O–H groups in total. The monoisotopic (exact) mass is 216 g/mol. The SMILES string of the molecule is O=Cc1ccc(Sc2ncccn2)cc1. The minimum Gasteiger partial charge on any atom is -0.298 e. The molecule has 0 atom stereocenters. The second-order valence-electron chi connectivity index (χ2n) is 2.82. The Hall–Kier alpha value is -1.68. The van der Waals surface area contributed by atoms with Crippen molar-refractivity contribution in [1.82, 2.24) is 9.97 Å². The molecule has 0 radical (unpaired) electrons. The van der Waals surface area contributed by atoms with Gasteiger partial charge in [0.05, 0.1) is 0 Å². The molecule has 0 fully saturated rings. The molecule has 0 aliphatic heterocycles. The van der Waals surface area contributed by atoms with Gasteiger partial charge >= 0.3 is 0 Å². The Morgan fingerprint density at radius 1 is 1.07 bits per heavy atom. The van der Waals surface area contributed by atoms with Crippen LogP contribution < -0.4 is 0 Å². The lowest BCUT2D eigenvalue weighted by Crippen LogP contribution is -1.83. The van der Waals surface area contributed by atoms with Crippen molar-refractivity contribution in [2.24, 2.45) is 0 Å². The highest BCUT2D eigenvalue weighted by atomic mass is 32.2. The van der Waals surface area contributed by atoms with Gasteiger partial charge in [-0.1, -0.05) is 12.1 Å². The maximum Gasteiger partial charge on any atom is 0.192 e. The van der Waals surface area contributed by atoms with Crippen LogP contribution in [-0.2, 0) is 0 Å². The minimum absolute atomic E-state index is 0.674. The third-order valence-corrected chi connectivity index (χ3v) is 2.67. The number of hydrogen-bond acceptors (Lipinski definition) is 4. The summed E-state index contributed by atoms with van der Waals surface area (Å²) in [5.41, 5.74) is 0.674. The largest absolute Gasteiger partial charge is 0.298 e. The minimum atomic E-state index is 0.674. The molecule has 0 unspecified atom stereocenters. The molecule has 1 heterocycles. The highest BCUT2D eigenvalue weighted by molar-refractivity contribution is 7.99. The van der Waals surface area contributed by atoms with E-state index in [1.807, 2.05) is 12.1 Å². The van der Waals surface area contributed by atoms with Gasteiger partial charge in [-0.15, -0.1) is 0 Å². The van der Waals surface area contributed by atoms with Gasteiger partial charge in [0.1, 0.15) is 6.29 Å². The maximum absolute atomic E-state index is 10.4. The third-order valence-electron chi connectivity index (χ3n) is 1.77. The molecular formula is C11H8N2OS. The van der Waals surface area contributed by atoms with E-state index in [2.05, 4.69) is 9.97 Å². The molecule has 2 aromatic rings. The Kier molecular flexibility index (Phi) is 3.09. The number of hydrogen-bond donors (Lipinski definition) is 0. The fourth-order valence-corrected chi connectivity index (χ4v) is 1.77.